The summed E-state index contributed by atoms with van der Waals surface area (Å²) in [6.07, 6.45) is 5.14. The highest BCUT2D eigenvalue weighted by Crippen LogP contribution is 2.21. The average molecular weight is 349 g/mol. The predicted molar refractivity (Wildman–Crippen MR) is 104 cm³/mol. The fraction of sp³-hybridized carbons (Fsp3) is 0.300. The lowest BCUT2D eigenvalue weighted by Gasteiger charge is -2.09. The van der Waals surface area contributed by atoms with Crippen LogP contribution in [0.1, 0.15) is 25.0 Å². The zero-order valence-corrected chi connectivity index (χ0v) is 15.1. The van der Waals surface area contributed by atoms with Crippen LogP contribution in [0.5, 0.6) is 0 Å². The van der Waals surface area contributed by atoms with E-state index in [1.54, 1.807) is 0 Å². The number of fused-ring (bicyclic) bond motifs is 1. The van der Waals surface area contributed by atoms with E-state index >= 15 is 0 Å². The number of nitrogens with one attached hydrogen (secondary N) is 2. The molecule has 0 fully saturated rings. The van der Waals surface area contributed by atoms with Gasteiger partial charge < -0.3 is 14.7 Å². The smallest absolute Gasteiger partial charge is 0.144 e. The summed E-state index contributed by atoms with van der Waals surface area (Å²) in [5.41, 5.74) is 10.4. The third-order valence-electron chi connectivity index (χ3n) is 4.35. The minimum atomic E-state index is 0.259. The van der Waals surface area contributed by atoms with Gasteiger partial charge in [0, 0.05) is 29.0 Å². The molecule has 3 aromatic rings. The van der Waals surface area contributed by atoms with Crippen LogP contribution in [0.4, 0.5) is 0 Å². The number of rotatable bonds is 6. The van der Waals surface area contributed by atoms with Gasteiger partial charge in [-0.1, -0.05) is 12.1 Å². The molecular formula is C20H23N5O. The number of aromatic nitrogens is 2. The number of aliphatic imine (C=N–C) groups is 1. The zero-order chi connectivity index (χ0) is 17.9. The van der Waals surface area contributed by atoms with Gasteiger partial charge in [-0.05, 0) is 50.1 Å². The molecule has 6 heteroatoms. The predicted octanol–water partition coefficient (Wildman–Crippen LogP) is 2.80. The number of pyridine rings is 1. The molecule has 6 nitrogen and oxygen atoms in total. The van der Waals surface area contributed by atoms with Gasteiger partial charge >= 0.3 is 0 Å². The molecule has 1 aliphatic rings. The molecule has 0 spiro atoms. The van der Waals surface area contributed by atoms with E-state index in [2.05, 4.69) is 64.7 Å². The standard InChI is InChI=1S/C20H23N5O/c1-14(2)26-9-7-15-10-17-6-8-25(20(17)21-12-15)18-5-3-4-16(11-18)19-22-13-23-24-19/h3-6,8,10-12,14,23H,7,9,13H2,1-2H3,(H,22,24). The van der Waals surface area contributed by atoms with Crippen molar-refractivity contribution in [1.82, 2.24) is 20.4 Å². The Balaban J connectivity index is 1.60. The highest BCUT2D eigenvalue weighted by atomic mass is 16.5. The van der Waals surface area contributed by atoms with E-state index in [1.165, 1.54) is 5.56 Å². The normalized spacial score (nSPS) is 14.0. The number of hydrogen-bond acceptors (Lipinski definition) is 5. The zero-order valence-electron chi connectivity index (χ0n) is 15.1. The van der Waals surface area contributed by atoms with Gasteiger partial charge in [0.25, 0.3) is 0 Å². The van der Waals surface area contributed by atoms with Crippen molar-refractivity contribution in [1.29, 1.82) is 0 Å². The van der Waals surface area contributed by atoms with Crippen molar-refractivity contribution in [2.75, 3.05) is 13.3 Å². The lowest BCUT2D eigenvalue weighted by atomic mass is 10.1. The SMILES string of the molecule is CC(C)OCCc1cnc2c(ccn2-c2cccc(C3=NCNN3)c2)c1. The van der Waals surface area contributed by atoms with Crippen molar-refractivity contribution in [2.24, 2.45) is 4.99 Å². The molecule has 0 radical (unpaired) electrons. The summed E-state index contributed by atoms with van der Waals surface area (Å²) in [6, 6.07) is 12.6. The van der Waals surface area contributed by atoms with Crippen molar-refractivity contribution in [2.45, 2.75) is 26.4 Å². The number of nitrogens with zero attached hydrogens (tertiary/aromatic N) is 3. The minimum absolute atomic E-state index is 0.259. The number of hydrazine groups is 1. The molecule has 134 valence electrons. The molecule has 0 atom stereocenters. The number of amidine groups is 1. The van der Waals surface area contributed by atoms with E-state index in [-0.39, 0.29) is 6.10 Å². The fourth-order valence-electron chi connectivity index (χ4n) is 3.07. The Morgan fingerprint density at radius 2 is 2.15 bits per heavy atom. The average Bonchev–Trinajstić information content (AvgIpc) is 3.31. The maximum absolute atomic E-state index is 5.64. The molecule has 0 saturated carbocycles. The van der Waals surface area contributed by atoms with Crippen LogP contribution in [0.25, 0.3) is 16.7 Å². The van der Waals surface area contributed by atoms with Crippen molar-refractivity contribution >= 4 is 16.9 Å². The highest BCUT2D eigenvalue weighted by molar-refractivity contribution is 5.99. The summed E-state index contributed by atoms with van der Waals surface area (Å²) < 4.78 is 7.75. The third-order valence-corrected chi connectivity index (χ3v) is 4.35. The molecule has 2 N–H and O–H groups in total. The van der Waals surface area contributed by atoms with Crippen LogP contribution in [0.15, 0.2) is 53.8 Å². The molecule has 4 rings (SSSR count). The fourth-order valence-corrected chi connectivity index (χ4v) is 3.07. The van der Waals surface area contributed by atoms with Crippen LogP contribution in [-0.4, -0.2) is 34.8 Å². The molecule has 1 aliphatic heterocycles. The number of hydrogen-bond donors (Lipinski definition) is 2. The largest absolute Gasteiger partial charge is 0.378 e. The van der Waals surface area contributed by atoms with Crippen LogP contribution >= 0.6 is 0 Å². The van der Waals surface area contributed by atoms with Gasteiger partial charge in [-0.3, -0.25) is 0 Å². The lowest BCUT2D eigenvalue weighted by Crippen LogP contribution is -2.30. The molecule has 3 heterocycles. The molecule has 0 bridgehead atoms. The van der Waals surface area contributed by atoms with Crippen molar-refractivity contribution < 1.29 is 4.74 Å². The maximum Gasteiger partial charge on any atom is 0.144 e. The Labute approximate surface area is 152 Å². The van der Waals surface area contributed by atoms with Crippen molar-refractivity contribution in [3.05, 3.63) is 59.9 Å². The van der Waals surface area contributed by atoms with Crippen LogP contribution in [0.2, 0.25) is 0 Å². The molecule has 0 saturated heterocycles. The molecule has 0 amide bonds. The van der Waals surface area contributed by atoms with Crippen LogP contribution in [0, 0.1) is 0 Å². The van der Waals surface area contributed by atoms with Gasteiger partial charge in [-0.15, -0.1) is 0 Å². The first kappa shape index (κ1) is 16.8. The third kappa shape index (κ3) is 3.47. The number of ether oxygens (including phenoxy) is 1. The molecular weight excluding hydrogens is 326 g/mol. The van der Waals surface area contributed by atoms with E-state index in [0.717, 1.165) is 41.1 Å². The Bertz CT molecular complexity index is 944. The molecule has 0 unspecified atom stereocenters. The van der Waals surface area contributed by atoms with Gasteiger partial charge in [0.2, 0.25) is 0 Å². The summed E-state index contributed by atoms with van der Waals surface area (Å²) >= 11 is 0. The van der Waals surface area contributed by atoms with Gasteiger partial charge in [-0.2, -0.15) is 0 Å². The summed E-state index contributed by atoms with van der Waals surface area (Å²) in [6.45, 7) is 5.42. The highest BCUT2D eigenvalue weighted by Gasteiger charge is 2.10. The molecule has 2 aromatic heterocycles. The van der Waals surface area contributed by atoms with Crippen LogP contribution in [-0.2, 0) is 11.2 Å². The minimum Gasteiger partial charge on any atom is -0.378 e. The van der Waals surface area contributed by atoms with Gasteiger partial charge in [0.1, 0.15) is 18.2 Å². The van der Waals surface area contributed by atoms with E-state index in [4.69, 9.17) is 9.72 Å². The Hall–Kier alpha value is -2.70. The van der Waals surface area contributed by atoms with Gasteiger partial charge in [0.15, 0.2) is 0 Å². The summed E-state index contributed by atoms with van der Waals surface area (Å²) in [5, 5.41) is 1.13. The second-order valence-corrected chi connectivity index (χ2v) is 6.63. The first-order valence-electron chi connectivity index (χ1n) is 8.92. The molecule has 26 heavy (non-hydrogen) atoms. The Morgan fingerprint density at radius 3 is 2.96 bits per heavy atom. The van der Waals surface area contributed by atoms with Crippen LogP contribution in [0.3, 0.4) is 0 Å². The monoisotopic (exact) mass is 349 g/mol. The summed E-state index contributed by atoms with van der Waals surface area (Å²) in [5.74, 6) is 0.865. The second-order valence-electron chi connectivity index (χ2n) is 6.63. The molecule has 1 aromatic carbocycles. The van der Waals surface area contributed by atoms with Crippen molar-refractivity contribution in [3.63, 3.8) is 0 Å². The van der Waals surface area contributed by atoms with Crippen LogP contribution < -0.4 is 10.9 Å². The second kappa shape index (κ2) is 7.27. The molecule has 0 aliphatic carbocycles. The Morgan fingerprint density at radius 1 is 1.23 bits per heavy atom. The van der Waals surface area contributed by atoms with Gasteiger partial charge in [-0.25, -0.2) is 15.4 Å². The topological polar surface area (TPSA) is 63.5 Å². The van der Waals surface area contributed by atoms with E-state index < -0.39 is 0 Å². The summed E-state index contributed by atoms with van der Waals surface area (Å²) in [4.78, 5) is 9.09. The maximum atomic E-state index is 5.64. The number of benzene rings is 1. The van der Waals surface area contributed by atoms with Crippen molar-refractivity contribution in [3.8, 4) is 5.69 Å². The van der Waals surface area contributed by atoms with E-state index in [9.17, 15) is 0 Å². The van der Waals surface area contributed by atoms with E-state index in [0.29, 0.717) is 6.67 Å². The lowest BCUT2D eigenvalue weighted by molar-refractivity contribution is 0.0813. The first-order valence-corrected chi connectivity index (χ1v) is 8.92. The quantitative estimate of drug-likeness (QED) is 0.718. The van der Waals surface area contributed by atoms with E-state index in [1.807, 2.05) is 18.3 Å². The van der Waals surface area contributed by atoms with Gasteiger partial charge in [0.05, 0.1) is 12.7 Å². The summed E-state index contributed by atoms with van der Waals surface area (Å²) in [7, 11) is 0. The first-order chi connectivity index (χ1) is 12.7. The Kier molecular flexibility index (Phi) is 4.69.